The lowest BCUT2D eigenvalue weighted by atomic mass is 9.92. The van der Waals surface area contributed by atoms with Crippen molar-refractivity contribution < 1.29 is 23.9 Å². The first-order chi connectivity index (χ1) is 10.9. The molecule has 8 nitrogen and oxygen atoms in total. The molecule has 0 aliphatic carbocycles. The molecule has 8 heteroatoms. The van der Waals surface area contributed by atoms with Crippen molar-refractivity contribution in [3.63, 3.8) is 0 Å². The minimum Gasteiger partial charge on any atom is -0.454 e. The monoisotopic (exact) mass is 319 g/mol. The lowest BCUT2D eigenvalue weighted by Gasteiger charge is -2.21. The van der Waals surface area contributed by atoms with E-state index in [2.05, 4.69) is 5.32 Å². The lowest BCUT2D eigenvalue weighted by Crippen LogP contribution is -2.46. The highest BCUT2D eigenvalue weighted by Crippen LogP contribution is 2.34. The summed E-state index contributed by atoms with van der Waals surface area (Å²) in [5.41, 5.74) is 4.84. The van der Waals surface area contributed by atoms with E-state index in [9.17, 15) is 14.4 Å². The molecule has 3 rings (SSSR count). The van der Waals surface area contributed by atoms with Gasteiger partial charge in [-0.3, -0.25) is 14.5 Å². The number of benzene rings is 1. The van der Waals surface area contributed by atoms with Crippen LogP contribution in [0.5, 0.6) is 11.5 Å². The maximum absolute atomic E-state index is 12.5. The Bertz CT molecular complexity index is 690. The number of carbonyl (C=O) groups excluding carboxylic acids is 3. The SMILES string of the molecule is C[C@]1(Cc2ccc3c(c2)OCO3)NC(=O)N(CCC(N)=O)C1=O. The standard InChI is InChI=1S/C15H17N3O5/c1-15(7-9-2-3-10-11(6-9)23-8-22-10)13(20)18(14(21)17-15)5-4-12(16)19/h2-3,6H,4-5,7-8H2,1H3,(H2,16,19)(H,17,21)/t15-/m1/s1. The van der Waals surface area contributed by atoms with Crippen molar-refractivity contribution in [2.45, 2.75) is 25.3 Å². The normalized spacial score (nSPS) is 22.4. The highest BCUT2D eigenvalue weighted by molar-refractivity contribution is 6.07. The van der Waals surface area contributed by atoms with Crippen LogP contribution in [0.4, 0.5) is 4.79 Å². The molecule has 1 fully saturated rings. The van der Waals surface area contributed by atoms with Crippen molar-refractivity contribution in [3.8, 4) is 11.5 Å². The molecule has 23 heavy (non-hydrogen) atoms. The molecular weight excluding hydrogens is 302 g/mol. The summed E-state index contributed by atoms with van der Waals surface area (Å²) in [5, 5.41) is 2.68. The molecule has 2 aliphatic heterocycles. The predicted molar refractivity (Wildman–Crippen MR) is 78.7 cm³/mol. The van der Waals surface area contributed by atoms with E-state index in [4.69, 9.17) is 15.2 Å². The Morgan fingerprint density at radius 1 is 1.35 bits per heavy atom. The average Bonchev–Trinajstić information content (AvgIpc) is 3.01. The van der Waals surface area contributed by atoms with E-state index >= 15 is 0 Å². The van der Waals surface area contributed by atoms with E-state index in [1.165, 1.54) is 0 Å². The van der Waals surface area contributed by atoms with Crippen molar-refractivity contribution in [2.75, 3.05) is 13.3 Å². The summed E-state index contributed by atoms with van der Waals surface area (Å²) in [5.74, 6) is 0.341. The van der Waals surface area contributed by atoms with Crippen molar-refractivity contribution in [1.29, 1.82) is 0 Å². The number of urea groups is 1. The van der Waals surface area contributed by atoms with E-state index in [1.807, 2.05) is 6.07 Å². The summed E-state index contributed by atoms with van der Waals surface area (Å²) in [6.07, 6.45) is 0.251. The third-order valence-electron chi connectivity index (χ3n) is 3.92. The zero-order valence-electron chi connectivity index (χ0n) is 12.6. The molecule has 0 spiro atoms. The molecule has 1 saturated heterocycles. The molecule has 0 bridgehead atoms. The fraction of sp³-hybridized carbons (Fsp3) is 0.400. The van der Waals surface area contributed by atoms with E-state index < -0.39 is 17.5 Å². The van der Waals surface area contributed by atoms with Crippen molar-refractivity contribution >= 4 is 17.8 Å². The van der Waals surface area contributed by atoms with E-state index in [1.54, 1.807) is 19.1 Å². The predicted octanol–water partition coefficient (Wildman–Crippen LogP) is 0.144. The number of nitrogens with two attached hydrogens (primary N) is 1. The van der Waals surface area contributed by atoms with Crippen molar-refractivity contribution in [1.82, 2.24) is 10.2 Å². The molecule has 2 heterocycles. The number of amides is 4. The minimum atomic E-state index is -1.07. The van der Waals surface area contributed by atoms with Crippen LogP contribution in [-0.4, -0.2) is 41.6 Å². The number of imide groups is 1. The topological polar surface area (TPSA) is 111 Å². The smallest absolute Gasteiger partial charge is 0.325 e. The second-order valence-corrected chi connectivity index (χ2v) is 5.80. The number of hydrogen-bond donors (Lipinski definition) is 2. The van der Waals surface area contributed by atoms with E-state index in [0.29, 0.717) is 17.9 Å². The Labute approximate surface area is 132 Å². The van der Waals surface area contributed by atoms with E-state index in [-0.39, 0.29) is 25.7 Å². The average molecular weight is 319 g/mol. The van der Waals surface area contributed by atoms with Gasteiger partial charge in [0, 0.05) is 19.4 Å². The van der Waals surface area contributed by atoms with Gasteiger partial charge in [-0.15, -0.1) is 0 Å². The molecule has 2 aliphatic rings. The number of nitrogens with one attached hydrogen (secondary N) is 1. The quantitative estimate of drug-likeness (QED) is 0.750. The van der Waals surface area contributed by atoms with Crippen LogP contribution >= 0.6 is 0 Å². The molecule has 0 unspecified atom stereocenters. The first-order valence-electron chi connectivity index (χ1n) is 7.20. The van der Waals surface area contributed by atoms with Crippen LogP contribution < -0.4 is 20.5 Å². The molecular formula is C15H17N3O5. The Morgan fingerprint density at radius 2 is 2.09 bits per heavy atom. The second kappa shape index (κ2) is 5.45. The van der Waals surface area contributed by atoms with Crippen LogP contribution in [-0.2, 0) is 16.0 Å². The van der Waals surface area contributed by atoms with Crippen LogP contribution in [0.25, 0.3) is 0 Å². The molecule has 0 radical (unpaired) electrons. The maximum atomic E-state index is 12.5. The van der Waals surface area contributed by atoms with Gasteiger partial charge < -0.3 is 20.5 Å². The van der Waals surface area contributed by atoms with Gasteiger partial charge in [0.05, 0.1) is 0 Å². The van der Waals surface area contributed by atoms with Crippen LogP contribution in [0.15, 0.2) is 18.2 Å². The Hall–Kier alpha value is -2.77. The fourth-order valence-corrected chi connectivity index (χ4v) is 2.75. The molecule has 1 aromatic carbocycles. The summed E-state index contributed by atoms with van der Waals surface area (Å²) >= 11 is 0. The van der Waals surface area contributed by atoms with E-state index in [0.717, 1.165) is 10.5 Å². The first kappa shape index (κ1) is 15.1. The van der Waals surface area contributed by atoms with Gasteiger partial charge in [-0.25, -0.2) is 4.79 Å². The zero-order chi connectivity index (χ0) is 16.6. The van der Waals surface area contributed by atoms with Gasteiger partial charge >= 0.3 is 6.03 Å². The summed E-state index contributed by atoms with van der Waals surface area (Å²) in [4.78, 5) is 36.4. The molecule has 1 atom stereocenters. The van der Waals surface area contributed by atoms with Gasteiger partial charge in [-0.2, -0.15) is 0 Å². The van der Waals surface area contributed by atoms with Crippen LogP contribution in [0.1, 0.15) is 18.9 Å². The van der Waals surface area contributed by atoms with Gasteiger partial charge in [0.2, 0.25) is 12.7 Å². The Morgan fingerprint density at radius 3 is 2.83 bits per heavy atom. The van der Waals surface area contributed by atoms with Gasteiger partial charge in [0.1, 0.15) is 5.54 Å². The number of carbonyl (C=O) groups is 3. The van der Waals surface area contributed by atoms with Gasteiger partial charge in [-0.05, 0) is 24.6 Å². The molecule has 3 N–H and O–H groups in total. The molecule has 4 amide bonds. The highest BCUT2D eigenvalue weighted by Gasteiger charge is 2.47. The van der Waals surface area contributed by atoms with Crippen LogP contribution in [0, 0.1) is 0 Å². The van der Waals surface area contributed by atoms with Crippen molar-refractivity contribution in [2.24, 2.45) is 5.73 Å². The number of hydrogen-bond acceptors (Lipinski definition) is 5. The van der Waals surface area contributed by atoms with Gasteiger partial charge in [0.15, 0.2) is 11.5 Å². The molecule has 122 valence electrons. The number of ether oxygens (including phenoxy) is 2. The summed E-state index contributed by atoms with van der Waals surface area (Å²) in [6, 6.07) is 4.87. The third-order valence-corrected chi connectivity index (χ3v) is 3.92. The third kappa shape index (κ3) is 2.79. The van der Waals surface area contributed by atoms with Gasteiger partial charge in [-0.1, -0.05) is 6.07 Å². The number of fused-ring (bicyclic) bond motifs is 1. The Kier molecular flexibility index (Phi) is 3.59. The fourth-order valence-electron chi connectivity index (χ4n) is 2.75. The number of rotatable bonds is 5. The molecule has 0 saturated carbocycles. The number of primary amides is 1. The summed E-state index contributed by atoms with van der Waals surface area (Å²) in [7, 11) is 0. The lowest BCUT2D eigenvalue weighted by molar-refractivity contribution is -0.131. The Balaban J connectivity index is 1.75. The van der Waals surface area contributed by atoms with Crippen LogP contribution in [0.2, 0.25) is 0 Å². The largest absolute Gasteiger partial charge is 0.454 e. The second-order valence-electron chi connectivity index (χ2n) is 5.80. The van der Waals surface area contributed by atoms with Crippen LogP contribution in [0.3, 0.4) is 0 Å². The molecule has 0 aromatic heterocycles. The van der Waals surface area contributed by atoms with Gasteiger partial charge in [0.25, 0.3) is 5.91 Å². The zero-order valence-corrected chi connectivity index (χ0v) is 12.6. The summed E-state index contributed by atoms with van der Waals surface area (Å²) in [6.45, 7) is 1.81. The maximum Gasteiger partial charge on any atom is 0.325 e. The summed E-state index contributed by atoms with van der Waals surface area (Å²) < 4.78 is 10.6. The minimum absolute atomic E-state index is 0.0171. The number of nitrogens with zero attached hydrogens (tertiary/aromatic N) is 1. The first-order valence-corrected chi connectivity index (χ1v) is 7.20. The van der Waals surface area contributed by atoms with Crippen molar-refractivity contribution in [3.05, 3.63) is 23.8 Å². The highest BCUT2D eigenvalue weighted by atomic mass is 16.7. The molecule has 1 aromatic rings.